The lowest BCUT2D eigenvalue weighted by molar-refractivity contribution is -0.122. The van der Waals surface area contributed by atoms with Gasteiger partial charge in [-0.3, -0.25) is 4.79 Å². The summed E-state index contributed by atoms with van der Waals surface area (Å²) in [6.07, 6.45) is 3.39. The van der Waals surface area contributed by atoms with Crippen LogP contribution in [-0.2, 0) is 4.79 Å². The van der Waals surface area contributed by atoms with Crippen LogP contribution in [0.15, 0.2) is 12.4 Å². The summed E-state index contributed by atoms with van der Waals surface area (Å²) in [5, 5.41) is 6.31. The fraction of sp³-hybridized carbons (Fsp3) is 0.545. The predicted molar refractivity (Wildman–Crippen MR) is 68.0 cm³/mol. The summed E-state index contributed by atoms with van der Waals surface area (Å²) in [6, 6.07) is 0. The zero-order chi connectivity index (χ0) is 12.9. The van der Waals surface area contributed by atoms with E-state index in [-0.39, 0.29) is 11.4 Å². The molecular weight excluding hydrogens is 240 g/mol. The highest BCUT2D eigenvalue weighted by molar-refractivity contribution is 6.30. The van der Waals surface area contributed by atoms with E-state index in [1.807, 2.05) is 20.8 Å². The lowest BCUT2D eigenvalue weighted by Crippen LogP contribution is -2.41. The summed E-state index contributed by atoms with van der Waals surface area (Å²) in [5.41, 5.74) is -0.201. The number of hydrogen-bond acceptors (Lipinski definition) is 4. The number of hydrogen-bond donors (Lipinski definition) is 2. The van der Waals surface area contributed by atoms with Crippen LogP contribution in [-0.4, -0.2) is 28.0 Å². The van der Waals surface area contributed by atoms with Crippen molar-refractivity contribution in [2.75, 3.05) is 11.9 Å². The largest absolute Gasteiger partial charge is 0.354 e. The fourth-order valence-corrected chi connectivity index (χ4v) is 1.27. The van der Waals surface area contributed by atoms with Crippen molar-refractivity contribution < 1.29 is 4.79 Å². The molecule has 0 aliphatic carbocycles. The van der Waals surface area contributed by atoms with Gasteiger partial charge in [-0.2, -0.15) is 0 Å². The van der Waals surface area contributed by atoms with Gasteiger partial charge in [0.05, 0.1) is 17.4 Å². The Morgan fingerprint density at radius 3 is 2.47 bits per heavy atom. The molecule has 0 aliphatic heterocycles. The fourth-order valence-electron chi connectivity index (χ4n) is 1.17. The molecule has 0 unspecified atom stereocenters. The molecule has 17 heavy (non-hydrogen) atoms. The minimum atomic E-state index is -0.201. The molecule has 94 valence electrons. The Hall–Kier alpha value is -1.36. The quantitative estimate of drug-likeness (QED) is 0.863. The van der Waals surface area contributed by atoms with Crippen LogP contribution < -0.4 is 10.6 Å². The molecule has 0 atom stereocenters. The molecule has 1 heterocycles. The van der Waals surface area contributed by atoms with E-state index in [4.69, 9.17) is 11.6 Å². The summed E-state index contributed by atoms with van der Waals surface area (Å²) in [4.78, 5) is 19.4. The van der Waals surface area contributed by atoms with Gasteiger partial charge in [-0.15, -0.1) is 0 Å². The van der Waals surface area contributed by atoms with E-state index in [9.17, 15) is 4.79 Å². The second-order valence-electron chi connectivity index (χ2n) is 4.70. The van der Waals surface area contributed by atoms with Gasteiger partial charge in [0, 0.05) is 18.5 Å². The number of nitrogens with one attached hydrogen (secondary N) is 2. The number of carbonyl (C=O) groups is 1. The maximum absolute atomic E-state index is 11.5. The monoisotopic (exact) mass is 256 g/mol. The molecule has 0 aliphatic rings. The van der Waals surface area contributed by atoms with Gasteiger partial charge in [0.25, 0.3) is 0 Å². The Balaban J connectivity index is 2.28. The molecule has 0 spiro atoms. The second kappa shape index (κ2) is 5.82. The van der Waals surface area contributed by atoms with Crippen LogP contribution in [0.25, 0.3) is 0 Å². The smallest absolute Gasteiger partial charge is 0.222 e. The lowest BCUT2D eigenvalue weighted by Gasteiger charge is -2.20. The van der Waals surface area contributed by atoms with Crippen LogP contribution in [0.5, 0.6) is 0 Å². The van der Waals surface area contributed by atoms with Gasteiger partial charge in [0.2, 0.25) is 11.9 Å². The predicted octanol–water partition coefficient (Wildman–Crippen LogP) is 1.85. The highest BCUT2D eigenvalue weighted by Gasteiger charge is 2.12. The molecule has 0 radical (unpaired) electrons. The molecule has 5 nitrogen and oxygen atoms in total. The van der Waals surface area contributed by atoms with Crippen LogP contribution in [0.1, 0.15) is 27.2 Å². The maximum Gasteiger partial charge on any atom is 0.222 e. The normalized spacial score (nSPS) is 11.1. The maximum atomic E-state index is 11.5. The van der Waals surface area contributed by atoms with Crippen molar-refractivity contribution in [1.29, 1.82) is 0 Å². The number of halogens is 1. The minimum Gasteiger partial charge on any atom is -0.354 e. The molecular formula is C11H17ClN4O. The zero-order valence-electron chi connectivity index (χ0n) is 10.2. The Labute approximate surface area is 106 Å². The molecule has 0 saturated carbocycles. The second-order valence-corrected chi connectivity index (χ2v) is 5.14. The number of amides is 1. The number of anilines is 1. The summed E-state index contributed by atoms with van der Waals surface area (Å²) >= 11 is 5.65. The lowest BCUT2D eigenvalue weighted by atomic mass is 10.1. The van der Waals surface area contributed by atoms with Crippen molar-refractivity contribution in [3.63, 3.8) is 0 Å². The molecule has 1 aromatic rings. The van der Waals surface area contributed by atoms with Gasteiger partial charge in [0.15, 0.2) is 0 Å². The number of aromatic nitrogens is 2. The number of carbonyl (C=O) groups excluding carboxylic acids is 1. The first-order valence-electron chi connectivity index (χ1n) is 5.39. The van der Waals surface area contributed by atoms with Gasteiger partial charge in [-0.05, 0) is 20.8 Å². The summed E-state index contributed by atoms with van der Waals surface area (Å²) in [7, 11) is 0. The van der Waals surface area contributed by atoms with E-state index in [2.05, 4.69) is 20.6 Å². The number of nitrogens with zero attached hydrogens (tertiary/aromatic N) is 2. The Kier molecular flexibility index (Phi) is 4.69. The van der Waals surface area contributed by atoms with E-state index < -0.39 is 0 Å². The van der Waals surface area contributed by atoms with Gasteiger partial charge in [-0.25, -0.2) is 9.97 Å². The molecule has 6 heteroatoms. The van der Waals surface area contributed by atoms with Crippen molar-refractivity contribution in [2.24, 2.45) is 0 Å². The number of rotatable bonds is 4. The molecule has 1 aromatic heterocycles. The van der Waals surface area contributed by atoms with E-state index >= 15 is 0 Å². The Morgan fingerprint density at radius 2 is 1.94 bits per heavy atom. The zero-order valence-corrected chi connectivity index (χ0v) is 11.0. The molecule has 0 bridgehead atoms. The van der Waals surface area contributed by atoms with Crippen LogP contribution >= 0.6 is 11.6 Å². The summed E-state index contributed by atoms with van der Waals surface area (Å²) in [5.74, 6) is 0.469. The third-order valence-electron chi connectivity index (χ3n) is 1.77. The van der Waals surface area contributed by atoms with Crippen LogP contribution in [0, 0.1) is 0 Å². The van der Waals surface area contributed by atoms with Crippen LogP contribution in [0.4, 0.5) is 5.95 Å². The van der Waals surface area contributed by atoms with Gasteiger partial charge < -0.3 is 10.6 Å². The molecule has 0 saturated heterocycles. The first-order valence-corrected chi connectivity index (χ1v) is 5.77. The standard InChI is InChI=1S/C11H17ClN4O/c1-11(2,3)16-9(17)4-5-13-10-14-6-8(12)7-15-10/h6-7H,4-5H2,1-3H3,(H,16,17)(H,13,14,15). The van der Waals surface area contributed by atoms with Crippen molar-refractivity contribution in [1.82, 2.24) is 15.3 Å². The van der Waals surface area contributed by atoms with Gasteiger partial charge in [-0.1, -0.05) is 11.6 Å². The highest BCUT2D eigenvalue weighted by atomic mass is 35.5. The van der Waals surface area contributed by atoms with Crippen LogP contribution in [0.3, 0.4) is 0 Å². The van der Waals surface area contributed by atoms with E-state index in [1.165, 1.54) is 12.4 Å². The van der Waals surface area contributed by atoms with Crippen molar-refractivity contribution in [2.45, 2.75) is 32.7 Å². The molecule has 1 rings (SSSR count). The van der Waals surface area contributed by atoms with Crippen LogP contribution in [0.2, 0.25) is 5.02 Å². The Morgan fingerprint density at radius 1 is 1.35 bits per heavy atom. The SMILES string of the molecule is CC(C)(C)NC(=O)CCNc1ncc(Cl)cn1. The summed E-state index contributed by atoms with van der Waals surface area (Å²) < 4.78 is 0. The molecule has 2 N–H and O–H groups in total. The van der Waals surface area contributed by atoms with Gasteiger partial charge in [0.1, 0.15) is 0 Å². The summed E-state index contributed by atoms with van der Waals surface area (Å²) in [6.45, 7) is 6.32. The average molecular weight is 257 g/mol. The van der Waals surface area contributed by atoms with E-state index in [1.54, 1.807) is 0 Å². The minimum absolute atomic E-state index is 0.000960. The highest BCUT2D eigenvalue weighted by Crippen LogP contribution is 2.05. The van der Waals surface area contributed by atoms with Crippen molar-refractivity contribution in [3.05, 3.63) is 17.4 Å². The van der Waals surface area contributed by atoms with E-state index in [0.717, 1.165) is 0 Å². The van der Waals surface area contributed by atoms with Crippen molar-refractivity contribution >= 4 is 23.5 Å². The molecule has 0 aromatic carbocycles. The molecule has 0 fully saturated rings. The first-order chi connectivity index (χ1) is 7.87. The van der Waals surface area contributed by atoms with Gasteiger partial charge >= 0.3 is 0 Å². The molecule has 1 amide bonds. The third kappa shape index (κ3) is 6.06. The van der Waals surface area contributed by atoms with E-state index in [0.29, 0.717) is 23.9 Å². The topological polar surface area (TPSA) is 66.9 Å². The third-order valence-corrected chi connectivity index (χ3v) is 1.97. The van der Waals surface area contributed by atoms with Crippen molar-refractivity contribution in [3.8, 4) is 0 Å². The Bertz CT molecular complexity index is 372. The average Bonchev–Trinajstić information content (AvgIpc) is 2.18. The first kappa shape index (κ1) is 13.7.